The highest BCUT2D eigenvalue weighted by Crippen LogP contribution is 2.20. The van der Waals surface area contributed by atoms with E-state index in [1.807, 2.05) is 60.4 Å². The molecule has 0 bridgehead atoms. The Hall–Kier alpha value is -2.82. The minimum atomic E-state index is -0.534. The highest BCUT2D eigenvalue weighted by molar-refractivity contribution is 5.95. The van der Waals surface area contributed by atoms with Gasteiger partial charge in [0.2, 0.25) is 0 Å². The van der Waals surface area contributed by atoms with Gasteiger partial charge in [0.05, 0.1) is 0 Å². The summed E-state index contributed by atoms with van der Waals surface area (Å²) in [6.45, 7) is 9.28. The fourth-order valence-corrected chi connectivity index (χ4v) is 3.78. The van der Waals surface area contributed by atoms with Crippen LogP contribution in [-0.4, -0.2) is 41.9 Å². The Kier molecular flexibility index (Phi) is 7.14. The van der Waals surface area contributed by atoms with E-state index in [4.69, 9.17) is 4.74 Å². The molecule has 1 aliphatic heterocycles. The van der Waals surface area contributed by atoms with E-state index >= 15 is 0 Å². The number of nitrogens with one attached hydrogen (secondary N) is 1. The third-order valence-electron chi connectivity index (χ3n) is 5.74. The summed E-state index contributed by atoms with van der Waals surface area (Å²) < 4.78 is 5.87. The number of carbonyl (C=O) groups excluding carboxylic acids is 2. The number of rotatable bonds is 6. The zero-order valence-electron chi connectivity index (χ0n) is 18.4. The average molecular weight is 409 g/mol. The van der Waals surface area contributed by atoms with Crippen LogP contribution in [0.4, 0.5) is 0 Å². The number of benzene rings is 2. The van der Waals surface area contributed by atoms with Gasteiger partial charge in [-0.2, -0.15) is 0 Å². The van der Waals surface area contributed by atoms with Crippen LogP contribution in [0.1, 0.15) is 61.0 Å². The molecular weight excluding hydrogens is 376 g/mol. The first kappa shape index (κ1) is 21.9. The molecule has 30 heavy (non-hydrogen) atoms. The van der Waals surface area contributed by atoms with Gasteiger partial charge in [-0.25, -0.2) is 0 Å². The van der Waals surface area contributed by atoms with Crippen LogP contribution >= 0.6 is 0 Å². The van der Waals surface area contributed by atoms with Gasteiger partial charge >= 0.3 is 0 Å². The number of carbonyl (C=O) groups is 2. The molecule has 1 N–H and O–H groups in total. The Morgan fingerprint density at radius 3 is 2.23 bits per heavy atom. The van der Waals surface area contributed by atoms with Gasteiger partial charge in [0, 0.05) is 24.7 Å². The van der Waals surface area contributed by atoms with Crippen molar-refractivity contribution in [3.63, 3.8) is 0 Å². The lowest BCUT2D eigenvalue weighted by atomic mass is 10.0. The van der Waals surface area contributed by atoms with Gasteiger partial charge in [0.15, 0.2) is 6.10 Å². The van der Waals surface area contributed by atoms with Crippen molar-refractivity contribution in [2.45, 2.75) is 58.6 Å². The molecule has 0 aliphatic carbocycles. The van der Waals surface area contributed by atoms with E-state index in [2.05, 4.69) is 19.2 Å². The van der Waals surface area contributed by atoms with E-state index in [0.717, 1.165) is 18.4 Å². The number of ether oxygens (including phenoxy) is 1. The summed E-state index contributed by atoms with van der Waals surface area (Å²) in [6, 6.07) is 15.6. The van der Waals surface area contributed by atoms with Crippen LogP contribution in [0.25, 0.3) is 0 Å². The first-order chi connectivity index (χ1) is 14.3. The molecule has 2 amide bonds. The van der Waals surface area contributed by atoms with E-state index in [-0.39, 0.29) is 17.9 Å². The lowest BCUT2D eigenvalue weighted by Crippen LogP contribution is -2.49. The first-order valence-corrected chi connectivity index (χ1v) is 10.8. The minimum Gasteiger partial charge on any atom is -0.481 e. The molecule has 5 heteroatoms. The molecule has 0 saturated carbocycles. The quantitative estimate of drug-likeness (QED) is 0.775. The SMILES string of the molecule is Cc1ccccc1C(=O)NC1CCN(C(=O)C(C)Oc2ccc(C(C)C)cc2)CC1. The van der Waals surface area contributed by atoms with E-state index < -0.39 is 6.10 Å². The summed E-state index contributed by atoms with van der Waals surface area (Å²) in [4.78, 5) is 27.1. The predicted molar refractivity (Wildman–Crippen MR) is 119 cm³/mol. The Labute approximate surface area is 179 Å². The molecule has 5 nitrogen and oxygen atoms in total. The standard InChI is InChI=1S/C25H32N2O3/c1-17(2)20-9-11-22(12-10-20)30-19(4)25(29)27-15-13-21(14-16-27)26-24(28)23-8-6-5-7-18(23)3/h5-12,17,19,21H,13-16H2,1-4H3,(H,26,28). The summed E-state index contributed by atoms with van der Waals surface area (Å²) in [5.41, 5.74) is 2.92. The Bertz CT molecular complexity index is 868. The average Bonchev–Trinajstić information content (AvgIpc) is 2.74. The molecular formula is C25H32N2O3. The number of hydrogen-bond donors (Lipinski definition) is 1. The lowest BCUT2D eigenvalue weighted by Gasteiger charge is -2.34. The van der Waals surface area contributed by atoms with E-state index in [1.165, 1.54) is 5.56 Å². The van der Waals surface area contributed by atoms with Crippen LogP contribution in [0.5, 0.6) is 5.75 Å². The van der Waals surface area contributed by atoms with Crippen LogP contribution in [0.2, 0.25) is 0 Å². The molecule has 0 aromatic heterocycles. The molecule has 1 aliphatic rings. The molecule has 2 aromatic carbocycles. The smallest absolute Gasteiger partial charge is 0.263 e. The molecule has 1 fully saturated rings. The van der Waals surface area contributed by atoms with Gasteiger partial charge in [0.25, 0.3) is 11.8 Å². The van der Waals surface area contributed by atoms with Crippen molar-refractivity contribution in [2.75, 3.05) is 13.1 Å². The fourth-order valence-electron chi connectivity index (χ4n) is 3.78. The molecule has 1 unspecified atom stereocenters. The number of aryl methyl sites for hydroxylation is 1. The third kappa shape index (κ3) is 5.41. The Morgan fingerprint density at radius 2 is 1.63 bits per heavy atom. The largest absolute Gasteiger partial charge is 0.481 e. The molecule has 1 atom stereocenters. The van der Waals surface area contributed by atoms with Crippen molar-refractivity contribution >= 4 is 11.8 Å². The number of hydrogen-bond acceptors (Lipinski definition) is 3. The summed E-state index contributed by atoms with van der Waals surface area (Å²) in [6.07, 6.45) is 0.964. The van der Waals surface area contributed by atoms with Crippen molar-refractivity contribution in [3.8, 4) is 5.75 Å². The summed E-state index contributed by atoms with van der Waals surface area (Å²) in [7, 11) is 0. The van der Waals surface area contributed by atoms with E-state index in [0.29, 0.717) is 30.3 Å². The van der Waals surface area contributed by atoms with Crippen LogP contribution < -0.4 is 10.1 Å². The molecule has 1 heterocycles. The van der Waals surface area contributed by atoms with Crippen molar-refractivity contribution < 1.29 is 14.3 Å². The second kappa shape index (κ2) is 9.79. The maximum atomic E-state index is 12.8. The fraction of sp³-hybridized carbons (Fsp3) is 0.440. The summed E-state index contributed by atoms with van der Waals surface area (Å²) in [5.74, 6) is 1.12. The van der Waals surface area contributed by atoms with Gasteiger partial charge in [-0.1, -0.05) is 44.2 Å². The van der Waals surface area contributed by atoms with E-state index in [9.17, 15) is 9.59 Å². The zero-order chi connectivity index (χ0) is 21.7. The van der Waals surface area contributed by atoms with Gasteiger partial charge in [0.1, 0.15) is 5.75 Å². The normalized spacial score (nSPS) is 15.7. The Morgan fingerprint density at radius 1 is 1.00 bits per heavy atom. The highest BCUT2D eigenvalue weighted by atomic mass is 16.5. The van der Waals surface area contributed by atoms with Crippen LogP contribution in [0.15, 0.2) is 48.5 Å². The van der Waals surface area contributed by atoms with Crippen molar-refractivity contribution in [1.82, 2.24) is 10.2 Å². The number of nitrogens with zero attached hydrogens (tertiary/aromatic N) is 1. The second-order valence-corrected chi connectivity index (χ2v) is 8.37. The molecule has 1 saturated heterocycles. The summed E-state index contributed by atoms with van der Waals surface area (Å²) >= 11 is 0. The Balaban J connectivity index is 1.48. The van der Waals surface area contributed by atoms with Crippen LogP contribution in [-0.2, 0) is 4.79 Å². The number of amides is 2. The lowest BCUT2D eigenvalue weighted by molar-refractivity contribution is -0.139. The maximum absolute atomic E-state index is 12.8. The molecule has 3 rings (SSSR count). The third-order valence-corrected chi connectivity index (χ3v) is 5.74. The van der Waals surface area contributed by atoms with Gasteiger partial charge in [-0.15, -0.1) is 0 Å². The van der Waals surface area contributed by atoms with Crippen molar-refractivity contribution in [3.05, 3.63) is 65.2 Å². The second-order valence-electron chi connectivity index (χ2n) is 8.37. The number of piperidine rings is 1. The first-order valence-electron chi connectivity index (χ1n) is 10.8. The molecule has 160 valence electrons. The molecule has 2 aromatic rings. The van der Waals surface area contributed by atoms with Gasteiger partial charge in [-0.05, 0) is 61.9 Å². The minimum absolute atomic E-state index is 0.00776. The topological polar surface area (TPSA) is 58.6 Å². The van der Waals surface area contributed by atoms with Crippen molar-refractivity contribution in [1.29, 1.82) is 0 Å². The van der Waals surface area contributed by atoms with Crippen molar-refractivity contribution in [2.24, 2.45) is 0 Å². The molecule has 0 spiro atoms. The highest BCUT2D eigenvalue weighted by Gasteiger charge is 2.28. The van der Waals surface area contributed by atoms with Crippen LogP contribution in [0.3, 0.4) is 0 Å². The summed E-state index contributed by atoms with van der Waals surface area (Å²) in [5, 5.41) is 3.11. The zero-order valence-corrected chi connectivity index (χ0v) is 18.4. The monoisotopic (exact) mass is 408 g/mol. The molecule has 0 radical (unpaired) electrons. The van der Waals surface area contributed by atoms with Crippen LogP contribution in [0, 0.1) is 6.92 Å². The maximum Gasteiger partial charge on any atom is 0.263 e. The number of likely N-dealkylation sites (tertiary alicyclic amines) is 1. The van der Waals surface area contributed by atoms with Gasteiger partial charge in [-0.3, -0.25) is 9.59 Å². The van der Waals surface area contributed by atoms with E-state index in [1.54, 1.807) is 6.92 Å². The predicted octanol–water partition coefficient (Wildman–Crippen LogP) is 4.31. The van der Waals surface area contributed by atoms with Gasteiger partial charge < -0.3 is 15.0 Å².